The second kappa shape index (κ2) is 6.48. The van der Waals surface area contributed by atoms with E-state index in [1.807, 2.05) is 12.1 Å². The molecule has 7 nitrogen and oxygen atoms in total. The average molecular weight is 259 g/mol. The summed E-state index contributed by atoms with van der Waals surface area (Å²) in [5, 5.41) is 6.33. The molecular weight excluding hydrogens is 242 g/mol. The molecule has 0 spiro atoms. The van der Waals surface area contributed by atoms with Crippen LogP contribution < -0.4 is 16.4 Å². The van der Waals surface area contributed by atoms with Gasteiger partial charge < -0.3 is 16.4 Å². The smallest absolute Gasteiger partial charge is 0.223 e. The molecule has 0 radical (unpaired) electrons. The summed E-state index contributed by atoms with van der Waals surface area (Å²) in [5.74, 6) is 1.63. The average Bonchev–Trinajstić information content (AvgIpc) is 2.43. The fourth-order valence-corrected chi connectivity index (χ4v) is 1.50. The van der Waals surface area contributed by atoms with E-state index < -0.39 is 0 Å². The van der Waals surface area contributed by atoms with Crippen molar-refractivity contribution in [1.82, 2.24) is 19.9 Å². The molecule has 100 valence electrons. The third-order valence-electron chi connectivity index (χ3n) is 2.39. The van der Waals surface area contributed by atoms with Crippen molar-refractivity contribution in [2.45, 2.75) is 19.9 Å². The van der Waals surface area contributed by atoms with Gasteiger partial charge in [0.05, 0.1) is 12.2 Å². The zero-order chi connectivity index (χ0) is 13.5. The normalized spacial score (nSPS) is 10.2. The van der Waals surface area contributed by atoms with Gasteiger partial charge in [-0.05, 0) is 12.5 Å². The molecule has 7 heteroatoms. The number of hydrogen-bond donors (Lipinski definition) is 3. The third kappa shape index (κ3) is 4.06. The van der Waals surface area contributed by atoms with Crippen LogP contribution in [0.25, 0.3) is 0 Å². The Hall–Kier alpha value is -2.44. The van der Waals surface area contributed by atoms with Crippen molar-refractivity contribution >= 4 is 17.6 Å². The zero-order valence-electron chi connectivity index (χ0n) is 10.8. The van der Waals surface area contributed by atoms with Crippen molar-refractivity contribution < 1.29 is 0 Å². The number of hydrogen-bond acceptors (Lipinski definition) is 7. The Bertz CT molecular complexity index is 515. The molecule has 4 N–H and O–H groups in total. The van der Waals surface area contributed by atoms with Crippen molar-refractivity contribution in [3.05, 3.63) is 30.4 Å². The molecule has 19 heavy (non-hydrogen) atoms. The minimum Gasteiger partial charge on any atom is -0.370 e. The van der Waals surface area contributed by atoms with Crippen molar-refractivity contribution in [2.75, 3.05) is 22.9 Å². The largest absolute Gasteiger partial charge is 0.370 e. The van der Waals surface area contributed by atoms with Gasteiger partial charge in [-0.25, -0.2) is 9.97 Å². The summed E-state index contributed by atoms with van der Waals surface area (Å²) in [6, 6.07) is 3.67. The lowest BCUT2D eigenvalue weighted by molar-refractivity contribution is 0.962. The van der Waals surface area contributed by atoms with E-state index in [1.54, 1.807) is 6.20 Å². The molecule has 2 aromatic heterocycles. The topological polar surface area (TPSA) is 102 Å². The molecule has 0 amide bonds. The van der Waals surface area contributed by atoms with E-state index in [1.165, 1.54) is 6.33 Å². The molecule has 0 saturated heterocycles. The van der Waals surface area contributed by atoms with Gasteiger partial charge in [0.1, 0.15) is 18.0 Å². The van der Waals surface area contributed by atoms with Gasteiger partial charge in [-0.15, -0.1) is 0 Å². The maximum atomic E-state index is 5.67. The van der Waals surface area contributed by atoms with Crippen molar-refractivity contribution in [3.63, 3.8) is 0 Å². The Morgan fingerprint density at radius 2 is 2.00 bits per heavy atom. The van der Waals surface area contributed by atoms with Crippen molar-refractivity contribution in [2.24, 2.45) is 0 Å². The van der Waals surface area contributed by atoms with Gasteiger partial charge in [0, 0.05) is 18.8 Å². The highest BCUT2D eigenvalue weighted by Crippen LogP contribution is 2.13. The van der Waals surface area contributed by atoms with E-state index in [-0.39, 0.29) is 5.95 Å². The maximum Gasteiger partial charge on any atom is 0.223 e. The van der Waals surface area contributed by atoms with E-state index in [0.717, 1.165) is 24.5 Å². The number of nitrogen functional groups attached to an aromatic ring is 1. The Kier molecular flexibility index (Phi) is 4.44. The molecule has 0 atom stereocenters. The number of anilines is 3. The summed E-state index contributed by atoms with van der Waals surface area (Å²) in [6.07, 6.45) is 4.24. The number of nitrogens with one attached hydrogen (secondary N) is 2. The number of aromatic nitrogens is 4. The molecule has 0 unspecified atom stereocenters. The third-order valence-corrected chi connectivity index (χ3v) is 2.39. The SMILES string of the molecule is CCCNc1cc(NCc2ccncn2)nc(N)n1. The van der Waals surface area contributed by atoms with Crippen LogP contribution in [0, 0.1) is 0 Å². The van der Waals surface area contributed by atoms with Crippen LogP contribution in [-0.4, -0.2) is 26.5 Å². The molecule has 0 bridgehead atoms. The van der Waals surface area contributed by atoms with Crippen LogP contribution in [0.15, 0.2) is 24.7 Å². The van der Waals surface area contributed by atoms with Crippen LogP contribution in [0.5, 0.6) is 0 Å². The highest BCUT2D eigenvalue weighted by atomic mass is 15.1. The van der Waals surface area contributed by atoms with Crippen LogP contribution in [0.4, 0.5) is 17.6 Å². The highest BCUT2D eigenvalue weighted by molar-refractivity contribution is 5.51. The predicted molar refractivity (Wildman–Crippen MR) is 74.6 cm³/mol. The summed E-state index contributed by atoms with van der Waals surface area (Å²) >= 11 is 0. The lowest BCUT2D eigenvalue weighted by Gasteiger charge is -2.09. The van der Waals surface area contributed by atoms with Crippen LogP contribution >= 0.6 is 0 Å². The number of rotatable bonds is 6. The molecule has 2 heterocycles. The van der Waals surface area contributed by atoms with Crippen molar-refractivity contribution in [3.8, 4) is 0 Å². The maximum absolute atomic E-state index is 5.67. The van der Waals surface area contributed by atoms with Gasteiger partial charge in [-0.3, -0.25) is 0 Å². The zero-order valence-corrected chi connectivity index (χ0v) is 10.8. The van der Waals surface area contributed by atoms with Gasteiger partial charge in [-0.2, -0.15) is 9.97 Å². The van der Waals surface area contributed by atoms with E-state index in [4.69, 9.17) is 5.73 Å². The van der Waals surface area contributed by atoms with E-state index in [2.05, 4.69) is 37.5 Å². The standard InChI is InChI=1S/C12H17N7/c1-2-4-15-10-6-11(19-12(13)18-10)16-7-9-3-5-14-8-17-9/h3,5-6,8H,2,4,7H2,1H3,(H4,13,15,16,18,19). The number of nitrogens with two attached hydrogens (primary N) is 1. The minimum atomic E-state index is 0.242. The van der Waals surface area contributed by atoms with E-state index in [0.29, 0.717) is 12.4 Å². The molecule has 0 saturated carbocycles. The minimum absolute atomic E-state index is 0.242. The van der Waals surface area contributed by atoms with Gasteiger partial charge in [0.15, 0.2) is 0 Å². The van der Waals surface area contributed by atoms with Crippen molar-refractivity contribution in [1.29, 1.82) is 0 Å². The summed E-state index contributed by atoms with van der Waals surface area (Å²) in [6.45, 7) is 3.50. The summed E-state index contributed by atoms with van der Waals surface area (Å²) < 4.78 is 0. The second-order valence-corrected chi connectivity index (χ2v) is 3.98. The molecule has 0 aliphatic carbocycles. The first-order valence-electron chi connectivity index (χ1n) is 6.15. The summed E-state index contributed by atoms with van der Waals surface area (Å²) in [5.41, 5.74) is 6.56. The predicted octanol–water partition coefficient (Wildman–Crippen LogP) is 1.28. The van der Waals surface area contributed by atoms with Gasteiger partial charge in [0.2, 0.25) is 5.95 Å². The van der Waals surface area contributed by atoms with Gasteiger partial charge >= 0.3 is 0 Å². The van der Waals surface area contributed by atoms with E-state index in [9.17, 15) is 0 Å². The molecule has 0 aromatic carbocycles. The second-order valence-electron chi connectivity index (χ2n) is 3.98. The summed E-state index contributed by atoms with van der Waals surface area (Å²) in [4.78, 5) is 16.2. The van der Waals surface area contributed by atoms with Crippen LogP contribution in [0.3, 0.4) is 0 Å². The van der Waals surface area contributed by atoms with Crippen LogP contribution in [0.2, 0.25) is 0 Å². The highest BCUT2D eigenvalue weighted by Gasteiger charge is 2.02. The Labute approximate surface area is 111 Å². The molecule has 0 fully saturated rings. The molecule has 2 aromatic rings. The monoisotopic (exact) mass is 259 g/mol. The number of nitrogens with zero attached hydrogens (tertiary/aromatic N) is 4. The lowest BCUT2D eigenvalue weighted by atomic mass is 10.4. The fourth-order valence-electron chi connectivity index (χ4n) is 1.50. The Morgan fingerprint density at radius 3 is 2.68 bits per heavy atom. The molecular formula is C12H17N7. The first kappa shape index (κ1) is 13.0. The molecule has 0 aliphatic heterocycles. The molecule has 2 rings (SSSR count). The first-order valence-corrected chi connectivity index (χ1v) is 6.15. The van der Waals surface area contributed by atoms with Gasteiger partial charge in [0.25, 0.3) is 0 Å². The first-order chi connectivity index (χ1) is 9.28. The summed E-state index contributed by atoms with van der Waals surface area (Å²) in [7, 11) is 0. The lowest BCUT2D eigenvalue weighted by Crippen LogP contribution is -2.09. The van der Waals surface area contributed by atoms with Crippen LogP contribution in [0.1, 0.15) is 19.0 Å². The van der Waals surface area contributed by atoms with E-state index >= 15 is 0 Å². The molecule has 0 aliphatic rings. The Morgan fingerprint density at radius 1 is 1.21 bits per heavy atom. The Balaban J connectivity index is 2.01. The quantitative estimate of drug-likeness (QED) is 0.718. The van der Waals surface area contributed by atoms with Gasteiger partial charge in [-0.1, -0.05) is 6.92 Å². The fraction of sp³-hybridized carbons (Fsp3) is 0.333. The van der Waals surface area contributed by atoms with Crippen LogP contribution in [-0.2, 0) is 6.54 Å².